The summed E-state index contributed by atoms with van der Waals surface area (Å²) >= 11 is 0. The van der Waals surface area contributed by atoms with Gasteiger partial charge in [0.2, 0.25) is 5.95 Å². The van der Waals surface area contributed by atoms with E-state index >= 15 is 0 Å². The number of aryl methyl sites for hydroxylation is 1. The SMILES string of the molecule is CCCc1ncc2c(n1)CCN(Cc1cnc(N)nc1)C2. The van der Waals surface area contributed by atoms with Crippen LogP contribution in [0.2, 0.25) is 0 Å². The van der Waals surface area contributed by atoms with Gasteiger partial charge in [-0.1, -0.05) is 6.92 Å². The molecule has 2 N–H and O–H groups in total. The van der Waals surface area contributed by atoms with E-state index in [2.05, 4.69) is 31.8 Å². The van der Waals surface area contributed by atoms with Gasteiger partial charge in [0, 0.05) is 67.9 Å². The molecule has 6 nitrogen and oxygen atoms in total. The fourth-order valence-corrected chi connectivity index (χ4v) is 2.60. The van der Waals surface area contributed by atoms with Crippen molar-refractivity contribution in [2.75, 3.05) is 12.3 Å². The number of hydrogen-bond donors (Lipinski definition) is 1. The minimum Gasteiger partial charge on any atom is -0.368 e. The van der Waals surface area contributed by atoms with Gasteiger partial charge < -0.3 is 5.73 Å². The topological polar surface area (TPSA) is 80.8 Å². The zero-order valence-electron chi connectivity index (χ0n) is 12.3. The predicted octanol–water partition coefficient (Wildman–Crippen LogP) is 1.36. The average molecular weight is 284 g/mol. The fraction of sp³-hybridized carbons (Fsp3) is 0.467. The van der Waals surface area contributed by atoms with Gasteiger partial charge in [0.1, 0.15) is 5.82 Å². The van der Waals surface area contributed by atoms with Crippen molar-refractivity contribution in [3.05, 3.63) is 41.2 Å². The number of anilines is 1. The number of nitrogens with zero attached hydrogens (tertiary/aromatic N) is 5. The van der Waals surface area contributed by atoms with Crippen LogP contribution in [0.15, 0.2) is 18.6 Å². The molecule has 0 aliphatic carbocycles. The highest BCUT2D eigenvalue weighted by Gasteiger charge is 2.18. The van der Waals surface area contributed by atoms with Gasteiger partial charge in [-0.3, -0.25) is 4.90 Å². The van der Waals surface area contributed by atoms with E-state index in [1.807, 2.05) is 6.20 Å². The van der Waals surface area contributed by atoms with Gasteiger partial charge in [0.25, 0.3) is 0 Å². The van der Waals surface area contributed by atoms with E-state index in [4.69, 9.17) is 5.73 Å². The van der Waals surface area contributed by atoms with Crippen molar-refractivity contribution in [2.24, 2.45) is 0 Å². The molecule has 0 saturated carbocycles. The second-order valence-electron chi connectivity index (χ2n) is 5.42. The van der Waals surface area contributed by atoms with Gasteiger partial charge >= 0.3 is 0 Å². The van der Waals surface area contributed by atoms with Crippen LogP contribution in [0.5, 0.6) is 0 Å². The standard InChI is InChI=1S/C15H20N6/c1-2-3-14-17-8-12-10-21(5-4-13(12)20-14)9-11-6-18-15(16)19-7-11/h6-8H,2-5,9-10H2,1H3,(H2,16,18,19). The molecule has 0 aromatic carbocycles. The van der Waals surface area contributed by atoms with Gasteiger partial charge in [0.05, 0.1) is 0 Å². The molecule has 6 heteroatoms. The van der Waals surface area contributed by atoms with E-state index < -0.39 is 0 Å². The maximum absolute atomic E-state index is 5.51. The van der Waals surface area contributed by atoms with Crippen molar-refractivity contribution in [1.82, 2.24) is 24.8 Å². The van der Waals surface area contributed by atoms with Gasteiger partial charge in [-0.2, -0.15) is 0 Å². The molecule has 2 aromatic heterocycles. The first-order valence-electron chi connectivity index (χ1n) is 7.37. The van der Waals surface area contributed by atoms with Gasteiger partial charge in [-0.15, -0.1) is 0 Å². The molecular formula is C15H20N6. The molecule has 21 heavy (non-hydrogen) atoms. The molecule has 0 radical (unpaired) electrons. The highest BCUT2D eigenvalue weighted by Crippen LogP contribution is 2.18. The lowest BCUT2D eigenvalue weighted by Crippen LogP contribution is -2.31. The van der Waals surface area contributed by atoms with Crippen molar-refractivity contribution in [3.63, 3.8) is 0 Å². The Labute approximate surface area is 124 Å². The van der Waals surface area contributed by atoms with Gasteiger partial charge in [-0.05, 0) is 6.42 Å². The smallest absolute Gasteiger partial charge is 0.219 e. The van der Waals surface area contributed by atoms with Gasteiger partial charge in [0.15, 0.2) is 0 Å². The Kier molecular flexibility index (Phi) is 4.06. The molecule has 110 valence electrons. The normalized spacial score (nSPS) is 14.9. The van der Waals surface area contributed by atoms with Crippen LogP contribution in [0.4, 0.5) is 5.95 Å². The number of nitrogen functional groups attached to an aromatic ring is 1. The lowest BCUT2D eigenvalue weighted by atomic mass is 10.1. The Balaban J connectivity index is 1.68. The van der Waals surface area contributed by atoms with Crippen molar-refractivity contribution < 1.29 is 0 Å². The lowest BCUT2D eigenvalue weighted by Gasteiger charge is -2.27. The summed E-state index contributed by atoms with van der Waals surface area (Å²) in [6.07, 6.45) is 8.59. The summed E-state index contributed by atoms with van der Waals surface area (Å²) < 4.78 is 0. The second-order valence-corrected chi connectivity index (χ2v) is 5.42. The summed E-state index contributed by atoms with van der Waals surface area (Å²) in [5.41, 5.74) is 9.03. The Bertz CT molecular complexity index is 610. The number of rotatable bonds is 4. The maximum atomic E-state index is 5.51. The number of nitrogens with two attached hydrogens (primary N) is 1. The molecule has 1 aliphatic rings. The molecule has 0 unspecified atom stereocenters. The third-order valence-electron chi connectivity index (χ3n) is 3.67. The quantitative estimate of drug-likeness (QED) is 0.913. The van der Waals surface area contributed by atoms with Crippen LogP contribution in [0.1, 0.15) is 36.0 Å². The van der Waals surface area contributed by atoms with Crippen LogP contribution in [-0.2, 0) is 25.9 Å². The number of aromatic nitrogens is 4. The van der Waals surface area contributed by atoms with Crippen LogP contribution in [0, 0.1) is 0 Å². The van der Waals surface area contributed by atoms with E-state index in [0.29, 0.717) is 5.95 Å². The van der Waals surface area contributed by atoms with Crippen LogP contribution < -0.4 is 5.73 Å². The minimum atomic E-state index is 0.319. The Morgan fingerprint density at radius 2 is 2.00 bits per heavy atom. The first-order valence-corrected chi connectivity index (χ1v) is 7.37. The van der Waals surface area contributed by atoms with Crippen LogP contribution >= 0.6 is 0 Å². The Morgan fingerprint density at radius 1 is 1.19 bits per heavy atom. The second kappa shape index (κ2) is 6.13. The molecule has 0 spiro atoms. The highest BCUT2D eigenvalue weighted by molar-refractivity contribution is 5.22. The molecule has 0 bridgehead atoms. The fourth-order valence-electron chi connectivity index (χ4n) is 2.60. The van der Waals surface area contributed by atoms with Crippen LogP contribution in [-0.4, -0.2) is 31.4 Å². The third-order valence-corrected chi connectivity index (χ3v) is 3.67. The van der Waals surface area contributed by atoms with Crippen LogP contribution in [0.25, 0.3) is 0 Å². The molecule has 3 rings (SSSR count). The van der Waals surface area contributed by atoms with E-state index in [-0.39, 0.29) is 0 Å². The first-order chi connectivity index (χ1) is 10.2. The summed E-state index contributed by atoms with van der Waals surface area (Å²) in [5.74, 6) is 1.29. The van der Waals surface area contributed by atoms with E-state index in [9.17, 15) is 0 Å². The average Bonchev–Trinajstić information content (AvgIpc) is 2.50. The van der Waals surface area contributed by atoms with Crippen molar-refractivity contribution >= 4 is 5.95 Å². The summed E-state index contributed by atoms with van der Waals surface area (Å²) in [5, 5.41) is 0. The lowest BCUT2D eigenvalue weighted by molar-refractivity contribution is 0.242. The predicted molar refractivity (Wildman–Crippen MR) is 80.3 cm³/mol. The highest BCUT2D eigenvalue weighted by atomic mass is 15.1. The maximum Gasteiger partial charge on any atom is 0.219 e. The molecule has 0 saturated heterocycles. The summed E-state index contributed by atoms with van der Waals surface area (Å²) in [6.45, 7) is 4.86. The summed E-state index contributed by atoms with van der Waals surface area (Å²) in [4.78, 5) is 19.6. The first kappa shape index (κ1) is 13.9. The van der Waals surface area contributed by atoms with E-state index in [0.717, 1.165) is 50.3 Å². The molecule has 0 amide bonds. The summed E-state index contributed by atoms with van der Waals surface area (Å²) in [7, 11) is 0. The summed E-state index contributed by atoms with van der Waals surface area (Å²) in [6, 6.07) is 0. The van der Waals surface area contributed by atoms with E-state index in [1.165, 1.54) is 11.3 Å². The van der Waals surface area contributed by atoms with Gasteiger partial charge in [-0.25, -0.2) is 19.9 Å². The molecule has 3 heterocycles. The zero-order valence-corrected chi connectivity index (χ0v) is 12.3. The number of fused-ring (bicyclic) bond motifs is 1. The Morgan fingerprint density at radius 3 is 2.76 bits per heavy atom. The van der Waals surface area contributed by atoms with Crippen LogP contribution in [0.3, 0.4) is 0 Å². The largest absolute Gasteiger partial charge is 0.368 e. The molecule has 1 aliphatic heterocycles. The Hall–Kier alpha value is -2.08. The zero-order chi connectivity index (χ0) is 14.7. The molecule has 0 fully saturated rings. The van der Waals surface area contributed by atoms with Crippen molar-refractivity contribution in [1.29, 1.82) is 0 Å². The number of hydrogen-bond acceptors (Lipinski definition) is 6. The van der Waals surface area contributed by atoms with Crippen molar-refractivity contribution in [2.45, 2.75) is 39.3 Å². The molecular weight excluding hydrogens is 264 g/mol. The minimum absolute atomic E-state index is 0.319. The molecule has 2 aromatic rings. The van der Waals surface area contributed by atoms with Crippen molar-refractivity contribution in [3.8, 4) is 0 Å². The van der Waals surface area contributed by atoms with E-state index in [1.54, 1.807) is 12.4 Å². The third kappa shape index (κ3) is 3.33. The molecule has 0 atom stereocenters. The monoisotopic (exact) mass is 284 g/mol.